The Morgan fingerprint density at radius 3 is 1.88 bits per heavy atom. The fourth-order valence-electron chi connectivity index (χ4n) is 8.83. The van der Waals surface area contributed by atoms with Gasteiger partial charge in [-0.1, -0.05) is 159 Å². The lowest BCUT2D eigenvalue weighted by Crippen LogP contribution is -2.14. The average Bonchev–Trinajstić information content (AvgIpc) is 3.74. The topological polar surface area (TPSA) is 38.9 Å². The van der Waals surface area contributed by atoms with Crippen molar-refractivity contribution in [2.45, 2.75) is 19.3 Å². The van der Waals surface area contributed by atoms with Crippen LogP contribution >= 0.6 is 0 Å². The highest BCUT2D eigenvalue weighted by Crippen LogP contribution is 2.53. The Hall–Kier alpha value is -7.10. The van der Waals surface area contributed by atoms with Crippen LogP contribution in [0, 0.1) is 0 Å². The molecule has 1 aliphatic rings. The van der Waals surface area contributed by atoms with E-state index in [1.54, 1.807) is 0 Å². The van der Waals surface area contributed by atoms with E-state index in [1.165, 1.54) is 44.2 Å². The van der Waals surface area contributed by atoms with E-state index in [1.807, 2.05) is 30.3 Å². The Morgan fingerprint density at radius 1 is 0.393 bits per heavy atom. The number of nitrogens with zero attached hydrogens (tertiary/aromatic N) is 2. The van der Waals surface area contributed by atoms with Crippen LogP contribution in [0.1, 0.15) is 25.0 Å². The maximum Gasteiger partial charge on any atom is 0.160 e. The van der Waals surface area contributed by atoms with Gasteiger partial charge in [0.05, 0.1) is 11.4 Å². The summed E-state index contributed by atoms with van der Waals surface area (Å²) in [5.74, 6) is 0.691. The maximum atomic E-state index is 6.30. The van der Waals surface area contributed by atoms with Crippen LogP contribution in [0.5, 0.6) is 0 Å². The van der Waals surface area contributed by atoms with E-state index in [-0.39, 0.29) is 5.41 Å². The highest BCUT2D eigenvalue weighted by atomic mass is 16.3. The van der Waals surface area contributed by atoms with Gasteiger partial charge in [0.1, 0.15) is 11.2 Å². The van der Waals surface area contributed by atoms with Crippen LogP contribution < -0.4 is 0 Å². The minimum atomic E-state index is -0.0933. The Kier molecular flexibility index (Phi) is 7.20. The van der Waals surface area contributed by atoms with E-state index in [9.17, 15) is 0 Å². The summed E-state index contributed by atoms with van der Waals surface area (Å²) in [6.07, 6.45) is 0. The van der Waals surface area contributed by atoms with Crippen LogP contribution in [0.25, 0.3) is 100.0 Å². The van der Waals surface area contributed by atoms with E-state index < -0.39 is 0 Å². The van der Waals surface area contributed by atoms with E-state index >= 15 is 0 Å². The zero-order chi connectivity index (χ0) is 37.4. The first-order valence-corrected chi connectivity index (χ1v) is 19.2. The molecule has 0 amide bonds. The standard InChI is InChI=1S/C53H36N2O/c1-53(2)45-21-12-20-40(51(45)44-29-36-15-6-7-16-37(36)30-46(44)53)33-23-25-34(26-24-33)47-32-48(55-52(54-47)35-13-4-3-5-14-35)41-18-9-8-17-39(41)38-27-28-43-42-19-10-11-22-49(42)56-50(43)31-38/h3-32H,1-2H3. The maximum absolute atomic E-state index is 6.30. The molecule has 0 atom stereocenters. The van der Waals surface area contributed by atoms with Crippen molar-refractivity contribution in [2.24, 2.45) is 0 Å². The minimum Gasteiger partial charge on any atom is -0.456 e. The number of para-hydroxylation sites is 1. The molecule has 1 aliphatic carbocycles. The lowest BCUT2D eigenvalue weighted by Gasteiger charge is -2.22. The molecule has 2 heterocycles. The van der Waals surface area contributed by atoms with E-state index in [0.717, 1.165) is 61.1 Å². The fourth-order valence-corrected chi connectivity index (χ4v) is 8.83. The predicted molar refractivity (Wildman–Crippen MR) is 232 cm³/mol. The molecule has 3 nitrogen and oxygen atoms in total. The van der Waals surface area contributed by atoms with Crippen LogP contribution in [0.4, 0.5) is 0 Å². The fraction of sp³-hybridized carbons (Fsp3) is 0.0566. The van der Waals surface area contributed by atoms with Gasteiger partial charge in [-0.2, -0.15) is 0 Å². The van der Waals surface area contributed by atoms with Gasteiger partial charge < -0.3 is 4.42 Å². The van der Waals surface area contributed by atoms with Crippen molar-refractivity contribution in [1.82, 2.24) is 9.97 Å². The summed E-state index contributed by atoms with van der Waals surface area (Å²) in [6.45, 7) is 4.71. The van der Waals surface area contributed by atoms with Crippen LogP contribution in [-0.2, 0) is 5.41 Å². The summed E-state index contributed by atoms with van der Waals surface area (Å²) >= 11 is 0. The molecule has 0 aliphatic heterocycles. The first-order valence-electron chi connectivity index (χ1n) is 19.2. The predicted octanol–water partition coefficient (Wildman–Crippen LogP) is 14.2. The first-order chi connectivity index (χ1) is 27.5. The third-order valence-electron chi connectivity index (χ3n) is 11.7. The van der Waals surface area contributed by atoms with Crippen LogP contribution in [0.2, 0.25) is 0 Å². The third-order valence-corrected chi connectivity index (χ3v) is 11.7. The molecule has 0 radical (unpaired) electrons. The van der Waals surface area contributed by atoms with E-state index in [0.29, 0.717) is 5.82 Å². The molecule has 0 fully saturated rings. The summed E-state index contributed by atoms with van der Waals surface area (Å²) in [6, 6.07) is 64.7. The zero-order valence-corrected chi connectivity index (χ0v) is 31.1. The molecule has 11 rings (SSSR count). The highest BCUT2D eigenvalue weighted by Gasteiger charge is 2.37. The molecule has 0 saturated heterocycles. The minimum absolute atomic E-state index is 0.0933. The molecule has 264 valence electrons. The van der Waals surface area contributed by atoms with E-state index in [2.05, 4.69) is 166 Å². The second-order valence-electron chi connectivity index (χ2n) is 15.4. The summed E-state index contributed by atoms with van der Waals surface area (Å²) in [5.41, 5.74) is 16.5. The van der Waals surface area contributed by atoms with Crippen LogP contribution in [0.3, 0.4) is 0 Å². The number of aromatic nitrogens is 2. The highest BCUT2D eigenvalue weighted by molar-refractivity contribution is 6.06. The van der Waals surface area contributed by atoms with Gasteiger partial charge in [-0.05, 0) is 91.7 Å². The molecule has 0 unspecified atom stereocenters. The molecule has 0 N–H and O–H groups in total. The molecule has 0 spiro atoms. The van der Waals surface area contributed by atoms with Crippen LogP contribution in [0.15, 0.2) is 186 Å². The monoisotopic (exact) mass is 716 g/mol. The molecular weight excluding hydrogens is 681 g/mol. The van der Waals surface area contributed by atoms with Gasteiger partial charge in [0.25, 0.3) is 0 Å². The number of rotatable bonds is 5. The normalized spacial score (nSPS) is 13.0. The molecule has 0 bridgehead atoms. The Labute approximate surface area is 325 Å². The number of benzene rings is 8. The van der Waals surface area contributed by atoms with E-state index in [4.69, 9.17) is 14.4 Å². The lowest BCUT2D eigenvalue weighted by atomic mass is 9.81. The molecule has 8 aromatic carbocycles. The summed E-state index contributed by atoms with van der Waals surface area (Å²) in [4.78, 5) is 10.4. The lowest BCUT2D eigenvalue weighted by molar-refractivity contribution is 0.661. The van der Waals surface area contributed by atoms with Gasteiger partial charge in [-0.3, -0.25) is 0 Å². The van der Waals surface area contributed by atoms with Crippen molar-refractivity contribution in [2.75, 3.05) is 0 Å². The number of furan rings is 1. The van der Waals surface area contributed by atoms with Crippen molar-refractivity contribution >= 4 is 32.7 Å². The molecule has 56 heavy (non-hydrogen) atoms. The second kappa shape index (κ2) is 12.5. The van der Waals surface area contributed by atoms with Crippen molar-refractivity contribution in [3.63, 3.8) is 0 Å². The van der Waals surface area contributed by atoms with Crippen molar-refractivity contribution in [3.05, 3.63) is 193 Å². The van der Waals surface area contributed by atoms with Gasteiger partial charge >= 0.3 is 0 Å². The molecule has 2 aromatic heterocycles. The summed E-state index contributed by atoms with van der Waals surface area (Å²) < 4.78 is 6.30. The Balaban J connectivity index is 1.02. The average molecular weight is 717 g/mol. The molecule has 0 saturated carbocycles. The molecular formula is C53H36N2O. The van der Waals surface area contributed by atoms with Crippen molar-refractivity contribution in [1.29, 1.82) is 0 Å². The SMILES string of the molecule is CC1(C)c2cc3ccccc3cc2-c2c(-c3ccc(-c4cc(-c5ccccc5-c5ccc6c(c5)oc5ccccc56)nc(-c5ccccc5)n4)cc3)cccc21. The third kappa shape index (κ3) is 5.12. The van der Waals surface area contributed by atoms with Gasteiger partial charge in [-0.15, -0.1) is 0 Å². The summed E-state index contributed by atoms with van der Waals surface area (Å²) in [5, 5.41) is 4.79. The van der Waals surface area contributed by atoms with Gasteiger partial charge in [-0.25, -0.2) is 9.97 Å². The smallest absolute Gasteiger partial charge is 0.160 e. The molecule has 10 aromatic rings. The Bertz CT molecular complexity index is 3150. The summed E-state index contributed by atoms with van der Waals surface area (Å²) in [7, 11) is 0. The van der Waals surface area contributed by atoms with Gasteiger partial charge in [0.15, 0.2) is 5.82 Å². The van der Waals surface area contributed by atoms with Crippen molar-refractivity contribution in [3.8, 4) is 67.3 Å². The number of hydrogen-bond acceptors (Lipinski definition) is 3. The van der Waals surface area contributed by atoms with Gasteiger partial charge in [0, 0.05) is 32.9 Å². The molecule has 3 heteroatoms. The largest absolute Gasteiger partial charge is 0.456 e. The Morgan fingerprint density at radius 2 is 1.04 bits per heavy atom. The second-order valence-corrected chi connectivity index (χ2v) is 15.4. The van der Waals surface area contributed by atoms with Gasteiger partial charge in [0.2, 0.25) is 0 Å². The zero-order valence-electron chi connectivity index (χ0n) is 31.1. The number of fused-ring (bicyclic) bond motifs is 7. The van der Waals surface area contributed by atoms with Crippen LogP contribution in [-0.4, -0.2) is 9.97 Å². The quantitative estimate of drug-likeness (QED) is 0.178. The number of hydrogen-bond donors (Lipinski definition) is 0. The van der Waals surface area contributed by atoms with Crippen molar-refractivity contribution < 1.29 is 4.42 Å². The first kappa shape index (κ1) is 32.3.